The molecule has 2 aromatic carbocycles. The lowest BCUT2D eigenvalue weighted by molar-refractivity contribution is 0.0982. The van der Waals surface area contributed by atoms with Crippen LogP contribution in [0.2, 0.25) is 0 Å². The molecule has 3 aromatic rings. The zero-order valence-corrected chi connectivity index (χ0v) is 28.6. The van der Waals surface area contributed by atoms with E-state index in [1.807, 2.05) is 37.6 Å². The maximum absolute atomic E-state index is 13.1. The van der Waals surface area contributed by atoms with Crippen molar-refractivity contribution in [3.8, 4) is 5.75 Å². The summed E-state index contributed by atoms with van der Waals surface area (Å²) < 4.78 is 19.1. The Morgan fingerprint density at radius 3 is 2.38 bits per heavy atom. The molecule has 9 nitrogen and oxygen atoms in total. The van der Waals surface area contributed by atoms with Crippen LogP contribution in [0.4, 0.5) is 28.8 Å². The van der Waals surface area contributed by atoms with E-state index in [4.69, 9.17) is 14.7 Å². The topological polar surface area (TPSA) is 85.9 Å². The van der Waals surface area contributed by atoms with Gasteiger partial charge < -0.3 is 29.7 Å². The van der Waals surface area contributed by atoms with Gasteiger partial charge in [-0.1, -0.05) is 19.1 Å². The summed E-state index contributed by atoms with van der Waals surface area (Å²) in [4.78, 5) is 17.7. The molecule has 1 aliphatic carbocycles. The number of fused-ring (bicyclic) bond motifs is 1. The van der Waals surface area contributed by atoms with Crippen molar-refractivity contribution in [1.29, 1.82) is 0 Å². The largest absolute Gasteiger partial charge is 0.494 e. The molecule has 0 spiro atoms. The molecule has 0 radical (unpaired) electrons. The van der Waals surface area contributed by atoms with Gasteiger partial charge in [-0.15, -0.1) is 0 Å². The van der Waals surface area contributed by atoms with E-state index >= 15 is 0 Å². The number of rotatable bonds is 9. The number of aromatic nitrogens is 2. The van der Waals surface area contributed by atoms with Crippen molar-refractivity contribution in [2.45, 2.75) is 57.9 Å². The summed E-state index contributed by atoms with van der Waals surface area (Å²) in [5.41, 5.74) is 6.51. The predicted molar refractivity (Wildman–Crippen MR) is 187 cm³/mol. The van der Waals surface area contributed by atoms with E-state index < -0.39 is 7.14 Å². The van der Waals surface area contributed by atoms with Gasteiger partial charge in [0, 0.05) is 67.9 Å². The number of hydrogen-bond donors (Lipinski definition) is 2. The van der Waals surface area contributed by atoms with Crippen LogP contribution in [0.25, 0.3) is 0 Å². The van der Waals surface area contributed by atoms with Gasteiger partial charge in [-0.2, -0.15) is 4.98 Å². The lowest BCUT2D eigenvalue weighted by Crippen LogP contribution is -2.52. The van der Waals surface area contributed by atoms with Crippen molar-refractivity contribution in [2.24, 2.45) is 0 Å². The predicted octanol–water partition coefficient (Wildman–Crippen LogP) is 5.88. The summed E-state index contributed by atoms with van der Waals surface area (Å²) in [6, 6.07) is 13.0. The van der Waals surface area contributed by atoms with Gasteiger partial charge in [-0.3, -0.25) is 4.90 Å². The Hall–Kier alpha value is -3.13. The first-order chi connectivity index (χ1) is 21.7. The SMILES string of the molecule is CCc1cc(Nc2nc3c(c(Nc4ccccc4P(C)(C)=O)n2)CCCC3)c(OC)cc1N1CCC(N2CCN(C)CC2)CC1. The van der Waals surface area contributed by atoms with Gasteiger partial charge in [-0.05, 0) is 89.1 Å². The van der Waals surface area contributed by atoms with Gasteiger partial charge in [0.1, 0.15) is 18.7 Å². The number of aryl methyl sites for hydroxylation is 2. The third-order valence-electron chi connectivity index (χ3n) is 9.81. The molecule has 0 saturated carbocycles. The van der Waals surface area contributed by atoms with Crippen molar-refractivity contribution in [3.05, 3.63) is 53.2 Å². The number of benzene rings is 2. The number of para-hydroxylation sites is 1. The average Bonchev–Trinajstić information content (AvgIpc) is 3.05. The van der Waals surface area contributed by atoms with E-state index in [2.05, 4.69) is 51.4 Å². The molecule has 1 aromatic heterocycles. The Balaban J connectivity index is 1.25. The minimum Gasteiger partial charge on any atom is -0.494 e. The fraction of sp³-hybridized carbons (Fsp3) is 0.543. The smallest absolute Gasteiger partial charge is 0.229 e. The van der Waals surface area contributed by atoms with Crippen LogP contribution < -0.4 is 25.6 Å². The van der Waals surface area contributed by atoms with E-state index in [0.29, 0.717) is 12.0 Å². The van der Waals surface area contributed by atoms with Crippen LogP contribution in [0.15, 0.2) is 36.4 Å². The highest BCUT2D eigenvalue weighted by Gasteiger charge is 2.28. The van der Waals surface area contributed by atoms with Crippen molar-refractivity contribution in [2.75, 3.05) is 82.3 Å². The number of methoxy groups -OCH3 is 1. The van der Waals surface area contributed by atoms with Gasteiger partial charge in [0.2, 0.25) is 5.95 Å². The van der Waals surface area contributed by atoms with Gasteiger partial charge in [0.15, 0.2) is 0 Å². The fourth-order valence-electron chi connectivity index (χ4n) is 7.17. The van der Waals surface area contributed by atoms with Crippen molar-refractivity contribution in [1.82, 2.24) is 19.8 Å². The van der Waals surface area contributed by atoms with Gasteiger partial charge in [-0.25, -0.2) is 4.98 Å². The number of likely N-dealkylation sites (N-methyl/N-ethyl adjacent to an activating group) is 1. The number of nitrogens with zero attached hydrogens (tertiary/aromatic N) is 5. The Labute approximate surface area is 269 Å². The van der Waals surface area contributed by atoms with Crippen LogP contribution >= 0.6 is 7.14 Å². The normalized spacial score (nSPS) is 18.5. The maximum Gasteiger partial charge on any atom is 0.229 e. The summed E-state index contributed by atoms with van der Waals surface area (Å²) in [6.45, 7) is 12.7. The number of nitrogens with one attached hydrogen (secondary N) is 2. The molecular weight excluding hydrogens is 581 g/mol. The van der Waals surface area contributed by atoms with Gasteiger partial charge in [0.25, 0.3) is 0 Å². The molecule has 2 fully saturated rings. The number of piperazine rings is 1. The molecule has 10 heteroatoms. The Morgan fingerprint density at radius 2 is 1.67 bits per heavy atom. The van der Waals surface area contributed by atoms with Crippen LogP contribution in [0.5, 0.6) is 5.75 Å². The molecule has 0 bridgehead atoms. The molecule has 3 aliphatic rings. The van der Waals surface area contributed by atoms with E-state index in [9.17, 15) is 4.57 Å². The van der Waals surface area contributed by atoms with E-state index in [0.717, 1.165) is 84.7 Å². The minimum atomic E-state index is -2.48. The zero-order chi connectivity index (χ0) is 31.6. The third-order valence-corrected chi connectivity index (χ3v) is 11.4. The number of ether oxygens (including phenoxy) is 1. The molecular formula is C35H50N7O2P. The Kier molecular flexibility index (Phi) is 9.69. The Morgan fingerprint density at radius 1 is 0.933 bits per heavy atom. The second-order valence-electron chi connectivity index (χ2n) is 13.2. The van der Waals surface area contributed by atoms with E-state index in [-0.39, 0.29) is 0 Å². The highest BCUT2D eigenvalue weighted by atomic mass is 31.2. The molecule has 242 valence electrons. The highest BCUT2D eigenvalue weighted by molar-refractivity contribution is 7.70. The van der Waals surface area contributed by atoms with E-state index in [1.54, 1.807) is 7.11 Å². The minimum absolute atomic E-state index is 0.549. The monoisotopic (exact) mass is 631 g/mol. The molecule has 45 heavy (non-hydrogen) atoms. The highest BCUT2D eigenvalue weighted by Crippen LogP contribution is 2.40. The quantitative estimate of drug-likeness (QED) is 0.282. The first-order valence-electron chi connectivity index (χ1n) is 16.7. The first-order valence-corrected chi connectivity index (χ1v) is 19.3. The number of piperidine rings is 1. The molecule has 3 heterocycles. The molecule has 6 rings (SSSR count). The van der Waals surface area contributed by atoms with Crippen LogP contribution in [0.3, 0.4) is 0 Å². The summed E-state index contributed by atoms with van der Waals surface area (Å²) in [6.07, 6.45) is 7.40. The average molecular weight is 632 g/mol. The first kappa shape index (κ1) is 31.8. The van der Waals surface area contributed by atoms with Crippen molar-refractivity contribution < 1.29 is 9.30 Å². The Bertz CT molecular complexity index is 1540. The standard InChI is InChI=1S/C35H50N7O2P/c1-6-25-23-30(32(44-3)24-31(25)42-17-15-26(16-18-42)41-21-19-40(2)20-22-41)38-35-37-28-12-8-7-11-27(28)34(39-35)36-29-13-9-10-14-33(29)45(4,5)43/h9-10,13-14,23-24,26H,6-8,11-12,15-22H2,1-5H3,(H2,36,37,38,39). The second-order valence-corrected chi connectivity index (χ2v) is 16.4. The van der Waals surface area contributed by atoms with Crippen LogP contribution in [0, 0.1) is 0 Å². The molecule has 2 aliphatic heterocycles. The number of anilines is 5. The lowest BCUT2D eigenvalue weighted by Gasteiger charge is -2.43. The van der Waals surface area contributed by atoms with Crippen LogP contribution in [-0.4, -0.2) is 92.6 Å². The lowest BCUT2D eigenvalue weighted by atomic mass is 9.96. The van der Waals surface area contributed by atoms with Gasteiger partial charge >= 0.3 is 0 Å². The maximum atomic E-state index is 13.1. The fourth-order valence-corrected chi connectivity index (χ4v) is 8.32. The molecule has 2 N–H and O–H groups in total. The van der Waals surface area contributed by atoms with Crippen LogP contribution in [0.1, 0.15) is 49.4 Å². The summed E-state index contributed by atoms with van der Waals surface area (Å²) in [5, 5.41) is 7.92. The van der Waals surface area contributed by atoms with Crippen molar-refractivity contribution in [3.63, 3.8) is 0 Å². The molecule has 0 atom stereocenters. The summed E-state index contributed by atoms with van der Waals surface area (Å²) in [5.74, 6) is 2.13. The summed E-state index contributed by atoms with van der Waals surface area (Å²) >= 11 is 0. The van der Waals surface area contributed by atoms with Crippen LogP contribution in [-0.2, 0) is 23.8 Å². The third kappa shape index (κ3) is 7.16. The molecule has 2 saturated heterocycles. The molecule has 0 amide bonds. The molecule has 0 unspecified atom stereocenters. The van der Waals surface area contributed by atoms with E-state index in [1.165, 1.54) is 50.3 Å². The van der Waals surface area contributed by atoms with Crippen molar-refractivity contribution >= 4 is 41.3 Å². The number of hydrogen-bond acceptors (Lipinski definition) is 9. The second kappa shape index (κ2) is 13.7. The van der Waals surface area contributed by atoms with Gasteiger partial charge in [0.05, 0.1) is 24.2 Å². The zero-order valence-electron chi connectivity index (χ0n) is 27.7. The summed E-state index contributed by atoms with van der Waals surface area (Å²) in [7, 11) is 1.48.